The van der Waals surface area contributed by atoms with Crippen LogP contribution in [-0.4, -0.2) is 48.4 Å². The molecule has 1 aliphatic rings. The van der Waals surface area contributed by atoms with E-state index >= 15 is 0 Å². The summed E-state index contributed by atoms with van der Waals surface area (Å²) in [6.45, 7) is 3.50. The zero-order valence-corrected chi connectivity index (χ0v) is 17.6. The van der Waals surface area contributed by atoms with Gasteiger partial charge in [-0.05, 0) is 50.3 Å². The van der Waals surface area contributed by atoms with E-state index in [1.54, 1.807) is 35.5 Å². The third-order valence-electron chi connectivity index (χ3n) is 4.98. The first-order chi connectivity index (χ1) is 13.9. The molecule has 1 amide bonds. The van der Waals surface area contributed by atoms with Crippen LogP contribution in [0.4, 0.5) is 0 Å². The third-order valence-corrected chi connectivity index (χ3v) is 6.89. The maximum atomic E-state index is 12.7. The summed E-state index contributed by atoms with van der Waals surface area (Å²) in [5.41, 5.74) is 0.944. The normalized spacial score (nSPS) is 15.3. The Morgan fingerprint density at radius 2 is 1.86 bits per heavy atom. The second kappa shape index (κ2) is 9.98. The van der Waals surface area contributed by atoms with Gasteiger partial charge in [-0.15, -0.1) is 0 Å². The van der Waals surface area contributed by atoms with Crippen molar-refractivity contribution in [3.05, 3.63) is 41.5 Å². The van der Waals surface area contributed by atoms with E-state index < -0.39 is 10.0 Å². The van der Waals surface area contributed by atoms with Crippen LogP contribution < -0.4 is 5.32 Å². The highest BCUT2D eigenvalue weighted by Crippen LogP contribution is 2.21. The maximum Gasteiger partial charge on any atom is 0.243 e. The van der Waals surface area contributed by atoms with Crippen LogP contribution in [0.15, 0.2) is 33.7 Å². The Kier molecular flexibility index (Phi) is 7.38. The minimum absolute atomic E-state index is 0.0308. The van der Waals surface area contributed by atoms with Crippen LogP contribution >= 0.6 is 0 Å². The molecule has 1 N–H and O–H groups in total. The predicted octanol–water partition coefficient (Wildman–Crippen LogP) is 2.23. The predicted molar refractivity (Wildman–Crippen MR) is 108 cm³/mol. The summed E-state index contributed by atoms with van der Waals surface area (Å²) in [5, 5.41) is 6.60. The van der Waals surface area contributed by atoms with E-state index in [9.17, 15) is 13.2 Å². The Morgan fingerprint density at radius 3 is 2.52 bits per heavy atom. The molecule has 0 saturated carbocycles. The Morgan fingerprint density at radius 1 is 1.14 bits per heavy atom. The number of carbonyl (C=O) groups is 1. The summed E-state index contributed by atoms with van der Waals surface area (Å²) in [4.78, 5) is 16.4. The smallest absolute Gasteiger partial charge is 0.243 e. The lowest BCUT2D eigenvalue weighted by molar-refractivity contribution is -0.121. The molecule has 1 aromatic carbocycles. The van der Waals surface area contributed by atoms with E-state index in [2.05, 4.69) is 15.5 Å². The molecular formula is C20H28N4O4S. The molecule has 0 radical (unpaired) electrons. The van der Waals surface area contributed by atoms with E-state index in [0.29, 0.717) is 55.5 Å². The van der Waals surface area contributed by atoms with Gasteiger partial charge < -0.3 is 9.84 Å². The van der Waals surface area contributed by atoms with Gasteiger partial charge in [-0.1, -0.05) is 23.7 Å². The SMILES string of the molecule is Cc1noc(CCCNC(=O)CCc2ccc(S(=O)(=O)N3CCCCC3)cc2)n1. The van der Waals surface area contributed by atoms with Crippen molar-refractivity contribution in [1.29, 1.82) is 0 Å². The maximum absolute atomic E-state index is 12.7. The van der Waals surface area contributed by atoms with Gasteiger partial charge >= 0.3 is 0 Å². The molecule has 0 atom stereocenters. The average Bonchev–Trinajstić information content (AvgIpc) is 3.15. The van der Waals surface area contributed by atoms with Gasteiger partial charge in [-0.25, -0.2) is 8.42 Å². The van der Waals surface area contributed by atoms with E-state index in [1.165, 1.54) is 0 Å². The van der Waals surface area contributed by atoms with Crippen LogP contribution in [0.5, 0.6) is 0 Å². The number of aromatic nitrogens is 2. The molecule has 0 bridgehead atoms. The van der Waals surface area contributed by atoms with Gasteiger partial charge in [-0.3, -0.25) is 4.79 Å². The molecule has 29 heavy (non-hydrogen) atoms. The molecule has 0 spiro atoms. The fraction of sp³-hybridized carbons (Fsp3) is 0.550. The number of aryl methyl sites for hydroxylation is 3. The zero-order chi connectivity index (χ0) is 20.7. The van der Waals surface area contributed by atoms with Crippen molar-refractivity contribution in [2.45, 2.75) is 56.8 Å². The molecule has 0 unspecified atom stereocenters. The monoisotopic (exact) mass is 420 g/mol. The second-order valence-corrected chi connectivity index (χ2v) is 9.24. The van der Waals surface area contributed by atoms with Crippen LogP contribution in [0.2, 0.25) is 0 Å². The van der Waals surface area contributed by atoms with Gasteiger partial charge in [0.1, 0.15) is 0 Å². The number of rotatable bonds is 9. The van der Waals surface area contributed by atoms with Crippen molar-refractivity contribution in [2.75, 3.05) is 19.6 Å². The van der Waals surface area contributed by atoms with Crippen molar-refractivity contribution < 1.29 is 17.7 Å². The Hall–Kier alpha value is -2.26. The Balaban J connectivity index is 1.40. The first-order valence-corrected chi connectivity index (χ1v) is 11.5. The number of sulfonamides is 1. The van der Waals surface area contributed by atoms with Crippen LogP contribution in [-0.2, 0) is 27.7 Å². The summed E-state index contributed by atoms with van der Waals surface area (Å²) < 4.78 is 31.9. The third kappa shape index (κ3) is 6.11. The fourth-order valence-corrected chi connectivity index (χ4v) is 4.85. The Labute approximate surface area is 171 Å². The summed E-state index contributed by atoms with van der Waals surface area (Å²) >= 11 is 0. The first kappa shape index (κ1) is 21.4. The highest BCUT2D eigenvalue weighted by molar-refractivity contribution is 7.89. The minimum Gasteiger partial charge on any atom is -0.356 e. The van der Waals surface area contributed by atoms with Crippen molar-refractivity contribution >= 4 is 15.9 Å². The van der Waals surface area contributed by atoms with Gasteiger partial charge in [0.15, 0.2) is 5.82 Å². The van der Waals surface area contributed by atoms with Crippen LogP contribution in [0.25, 0.3) is 0 Å². The quantitative estimate of drug-likeness (QED) is 0.624. The van der Waals surface area contributed by atoms with E-state index in [0.717, 1.165) is 31.2 Å². The van der Waals surface area contributed by atoms with E-state index in [-0.39, 0.29) is 5.91 Å². The summed E-state index contributed by atoms with van der Waals surface area (Å²) in [5.74, 6) is 1.16. The van der Waals surface area contributed by atoms with Crippen molar-refractivity contribution in [3.8, 4) is 0 Å². The van der Waals surface area contributed by atoms with Gasteiger partial charge in [0, 0.05) is 32.5 Å². The van der Waals surface area contributed by atoms with Crippen LogP contribution in [0.3, 0.4) is 0 Å². The summed E-state index contributed by atoms with van der Waals surface area (Å²) in [6, 6.07) is 6.87. The number of hydrogen-bond donors (Lipinski definition) is 1. The van der Waals surface area contributed by atoms with E-state index in [4.69, 9.17) is 4.52 Å². The molecule has 1 aromatic heterocycles. The largest absolute Gasteiger partial charge is 0.356 e. The van der Waals surface area contributed by atoms with Gasteiger partial charge in [0.25, 0.3) is 0 Å². The number of benzene rings is 1. The molecule has 2 heterocycles. The molecule has 1 aliphatic heterocycles. The molecule has 2 aromatic rings. The number of piperidine rings is 1. The van der Waals surface area contributed by atoms with Gasteiger partial charge in [0.05, 0.1) is 4.90 Å². The molecule has 1 saturated heterocycles. The molecule has 9 heteroatoms. The molecule has 3 rings (SSSR count). The molecule has 0 aliphatic carbocycles. The van der Waals surface area contributed by atoms with Crippen molar-refractivity contribution in [1.82, 2.24) is 19.8 Å². The second-order valence-electron chi connectivity index (χ2n) is 7.30. The average molecular weight is 421 g/mol. The standard InChI is InChI=1S/C20H28N4O4S/c1-16-22-20(28-23-16)6-5-13-21-19(25)12-9-17-7-10-18(11-8-17)29(26,27)24-14-3-2-4-15-24/h7-8,10-11H,2-6,9,12-15H2,1H3,(H,21,25). The highest BCUT2D eigenvalue weighted by Gasteiger charge is 2.25. The van der Waals surface area contributed by atoms with Crippen molar-refractivity contribution in [2.24, 2.45) is 0 Å². The van der Waals surface area contributed by atoms with Crippen LogP contribution in [0, 0.1) is 6.92 Å². The number of hydrogen-bond acceptors (Lipinski definition) is 6. The summed E-state index contributed by atoms with van der Waals surface area (Å²) in [6.07, 6.45) is 5.21. The Bertz CT molecular complexity index is 903. The van der Waals surface area contributed by atoms with Crippen molar-refractivity contribution in [3.63, 3.8) is 0 Å². The summed E-state index contributed by atoms with van der Waals surface area (Å²) in [7, 11) is -3.41. The highest BCUT2D eigenvalue weighted by atomic mass is 32.2. The topological polar surface area (TPSA) is 105 Å². The minimum atomic E-state index is -3.41. The molecular weight excluding hydrogens is 392 g/mol. The van der Waals surface area contributed by atoms with E-state index in [1.807, 2.05) is 0 Å². The molecule has 8 nitrogen and oxygen atoms in total. The van der Waals surface area contributed by atoms with Crippen LogP contribution in [0.1, 0.15) is 49.4 Å². The number of nitrogens with one attached hydrogen (secondary N) is 1. The lowest BCUT2D eigenvalue weighted by Gasteiger charge is -2.25. The molecule has 1 fully saturated rings. The van der Waals surface area contributed by atoms with Gasteiger partial charge in [-0.2, -0.15) is 9.29 Å². The fourth-order valence-electron chi connectivity index (χ4n) is 3.34. The molecule has 158 valence electrons. The number of carbonyl (C=O) groups excluding carboxylic acids is 1. The number of amides is 1. The zero-order valence-electron chi connectivity index (χ0n) is 16.8. The number of nitrogens with zero attached hydrogens (tertiary/aromatic N) is 3. The lowest BCUT2D eigenvalue weighted by Crippen LogP contribution is -2.35. The first-order valence-electron chi connectivity index (χ1n) is 10.1. The lowest BCUT2D eigenvalue weighted by atomic mass is 10.1. The van der Waals surface area contributed by atoms with Gasteiger partial charge in [0.2, 0.25) is 21.8 Å².